The lowest BCUT2D eigenvalue weighted by atomic mass is 9.98. The van der Waals surface area contributed by atoms with E-state index >= 15 is 0 Å². The molecule has 5 nitrogen and oxygen atoms in total. The summed E-state index contributed by atoms with van der Waals surface area (Å²) in [6.07, 6.45) is 10.6. The average molecular weight is 432 g/mol. The van der Waals surface area contributed by atoms with Gasteiger partial charge in [-0.15, -0.1) is 0 Å². The van der Waals surface area contributed by atoms with E-state index in [4.69, 9.17) is 5.73 Å². The molecule has 0 amide bonds. The van der Waals surface area contributed by atoms with Crippen LogP contribution in [-0.2, 0) is 6.42 Å². The molecule has 3 aromatic rings. The van der Waals surface area contributed by atoms with E-state index in [2.05, 4.69) is 40.4 Å². The fourth-order valence-corrected chi connectivity index (χ4v) is 3.45. The molecule has 0 atom stereocenters. The Kier molecular flexibility index (Phi) is 7.60. The Bertz CT molecular complexity index is 1150. The highest BCUT2D eigenvalue weighted by Crippen LogP contribution is 2.27. The number of anilines is 1. The summed E-state index contributed by atoms with van der Waals surface area (Å²) in [4.78, 5) is 12.0. The lowest BCUT2D eigenvalue weighted by Crippen LogP contribution is -2.10. The molecule has 0 aliphatic heterocycles. The largest absolute Gasteiger partial charge is 0.398 e. The summed E-state index contributed by atoms with van der Waals surface area (Å²) in [5.41, 5.74) is 11.7. The number of imidazole rings is 1. The maximum absolute atomic E-state index is 14.9. The third kappa shape index (κ3) is 5.52. The first-order valence-corrected chi connectivity index (χ1v) is 10.8. The van der Waals surface area contributed by atoms with Crippen LogP contribution in [0.1, 0.15) is 50.1 Å². The van der Waals surface area contributed by atoms with Crippen LogP contribution in [0.5, 0.6) is 0 Å². The molecular formula is C26H30FN5. The van der Waals surface area contributed by atoms with Crippen LogP contribution >= 0.6 is 0 Å². The number of pyridine rings is 1. The Morgan fingerprint density at radius 1 is 1.34 bits per heavy atom. The second-order valence-electron chi connectivity index (χ2n) is 7.65. The van der Waals surface area contributed by atoms with Gasteiger partial charge in [-0.05, 0) is 67.3 Å². The van der Waals surface area contributed by atoms with Gasteiger partial charge in [0.1, 0.15) is 11.6 Å². The molecule has 6 heteroatoms. The van der Waals surface area contributed by atoms with E-state index in [0.717, 1.165) is 53.1 Å². The Hall–Kier alpha value is -3.67. The number of fused-ring (bicyclic) bond motifs is 1. The number of H-pyrrole nitrogens is 1. The van der Waals surface area contributed by atoms with Crippen molar-refractivity contribution in [1.29, 1.82) is 0 Å². The topological polar surface area (TPSA) is 79.6 Å². The van der Waals surface area contributed by atoms with Crippen molar-refractivity contribution in [1.82, 2.24) is 20.3 Å². The number of halogens is 1. The number of nitrogens with two attached hydrogens (primary N) is 1. The minimum Gasteiger partial charge on any atom is -0.398 e. The van der Waals surface area contributed by atoms with Crippen molar-refractivity contribution in [3.05, 3.63) is 96.0 Å². The maximum Gasteiger partial charge on any atom is 0.177 e. The summed E-state index contributed by atoms with van der Waals surface area (Å²) in [5.74, 6) is 0.344. The molecule has 0 saturated heterocycles. The molecule has 166 valence electrons. The highest BCUT2D eigenvalue weighted by Gasteiger charge is 2.13. The fraction of sp³-hybridized carbons (Fsp3) is 0.231. The first-order valence-electron chi connectivity index (χ1n) is 10.8. The Morgan fingerprint density at radius 2 is 2.16 bits per heavy atom. The van der Waals surface area contributed by atoms with Gasteiger partial charge in [0, 0.05) is 35.3 Å². The monoisotopic (exact) mass is 431 g/mol. The number of nitrogens with zero attached hydrogens (tertiary/aromatic N) is 2. The van der Waals surface area contributed by atoms with Gasteiger partial charge in [-0.25, -0.2) is 14.4 Å². The van der Waals surface area contributed by atoms with Crippen molar-refractivity contribution < 1.29 is 4.39 Å². The first kappa shape index (κ1) is 23.0. The fourth-order valence-electron chi connectivity index (χ4n) is 3.45. The normalized spacial score (nSPS) is 12.2. The van der Waals surface area contributed by atoms with Gasteiger partial charge < -0.3 is 16.0 Å². The van der Waals surface area contributed by atoms with Crippen LogP contribution in [-0.4, -0.2) is 15.0 Å². The van der Waals surface area contributed by atoms with E-state index in [-0.39, 0.29) is 5.82 Å². The Balaban J connectivity index is 1.90. The zero-order chi connectivity index (χ0) is 23.1. The van der Waals surface area contributed by atoms with Crippen molar-refractivity contribution in [3.8, 4) is 0 Å². The van der Waals surface area contributed by atoms with Gasteiger partial charge in [0.25, 0.3) is 0 Å². The summed E-state index contributed by atoms with van der Waals surface area (Å²) in [6, 6.07) is 6.91. The molecule has 0 saturated carbocycles. The quantitative estimate of drug-likeness (QED) is 0.270. The average Bonchev–Trinajstić information content (AvgIpc) is 3.19. The highest BCUT2D eigenvalue weighted by atomic mass is 19.1. The summed E-state index contributed by atoms with van der Waals surface area (Å²) in [7, 11) is 0. The van der Waals surface area contributed by atoms with Crippen molar-refractivity contribution in [2.24, 2.45) is 0 Å². The predicted molar refractivity (Wildman–Crippen MR) is 131 cm³/mol. The second-order valence-corrected chi connectivity index (χ2v) is 7.65. The number of hydrogen-bond donors (Lipinski definition) is 3. The Labute approximate surface area is 188 Å². The summed E-state index contributed by atoms with van der Waals surface area (Å²) in [6.45, 7) is 12.0. The van der Waals surface area contributed by atoms with Gasteiger partial charge in [-0.2, -0.15) is 0 Å². The van der Waals surface area contributed by atoms with Gasteiger partial charge in [0.2, 0.25) is 0 Å². The number of rotatable bonds is 10. The number of hydrogen-bond acceptors (Lipinski definition) is 4. The molecule has 0 unspecified atom stereocenters. The summed E-state index contributed by atoms with van der Waals surface area (Å²) in [5, 5.41) is 3.27. The molecule has 0 aliphatic carbocycles. The second kappa shape index (κ2) is 10.6. The number of benzene rings is 1. The standard InChI is InChI=1S/C26H30FN5/c1-5-8-10-17(4)30-20(7-3)13-18(6-2)21-14-19(23(28)16-22(21)27)15-25-31-24-11-9-12-29-26(24)32-25/h6-7,9,11-14,16,30H,3-5,8,10,15,28H2,1-2H3,(H,29,31,32)/b18-6+,20-13+. The van der Waals surface area contributed by atoms with Crippen LogP contribution in [0.3, 0.4) is 0 Å². The SMILES string of the molecule is C=C/C(=C\C(=C/C)c1cc(Cc2nc3ncccc3[nH]2)c(N)cc1F)NC(=C)CCCC. The molecule has 1 aromatic carbocycles. The van der Waals surface area contributed by atoms with Crippen LogP contribution in [0.4, 0.5) is 10.1 Å². The number of aromatic amines is 1. The van der Waals surface area contributed by atoms with Crippen LogP contribution in [0, 0.1) is 5.82 Å². The molecule has 2 aromatic heterocycles. The molecular weight excluding hydrogens is 401 g/mol. The molecule has 0 aliphatic rings. The van der Waals surface area contributed by atoms with E-state index in [1.807, 2.05) is 31.2 Å². The minimum atomic E-state index is -0.380. The number of allylic oxidation sites excluding steroid dienone is 5. The lowest BCUT2D eigenvalue weighted by Gasteiger charge is -2.13. The van der Waals surface area contributed by atoms with Gasteiger partial charge in [-0.3, -0.25) is 0 Å². The van der Waals surface area contributed by atoms with Crippen LogP contribution in [0.2, 0.25) is 0 Å². The number of unbranched alkanes of at least 4 members (excludes halogenated alkanes) is 1. The van der Waals surface area contributed by atoms with Crippen molar-refractivity contribution in [2.45, 2.75) is 39.5 Å². The number of nitrogens with one attached hydrogen (secondary N) is 2. The molecule has 2 heterocycles. The maximum atomic E-state index is 14.9. The van der Waals surface area contributed by atoms with E-state index < -0.39 is 0 Å². The van der Waals surface area contributed by atoms with Crippen LogP contribution < -0.4 is 11.1 Å². The summed E-state index contributed by atoms with van der Waals surface area (Å²) < 4.78 is 14.9. The zero-order valence-corrected chi connectivity index (χ0v) is 18.7. The van der Waals surface area contributed by atoms with E-state index in [9.17, 15) is 4.39 Å². The molecule has 0 bridgehead atoms. The van der Waals surface area contributed by atoms with Crippen LogP contribution in [0.25, 0.3) is 16.7 Å². The lowest BCUT2D eigenvalue weighted by molar-refractivity contribution is 0.624. The molecule has 4 N–H and O–H groups in total. The van der Waals surface area contributed by atoms with E-state index in [1.165, 1.54) is 6.07 Å². The van der Waals surface area contributed by atoms with Gasteiger partial charge in [0.05, 0.1) is 5.52 Å². The van der Waals surface area contributed by atoms with Gasteiger partial charge in [0.15, 0.2) is 5.65 Å². The van der Waals surface area contributed by atoms with Crippen LogP contribution in [0.15, 0.2) is 73.2 Å². The first-order chi connectivity index (χ1) is 15.4. The molecule has 0 spiro atoms. The van der Waals surface area contributed by atoms with E-state index in [1.54, 1.807) is 18.3 Å². The molecule has 0 radical (unpaired) electrons. The Morgan fingerprint density at radius 3 is 2.84 bits per heavy atom. The van der Waals surface area contributed by atoms with E-state index in [0.29, 0.717) is 23.3 Å². The van der Waals surface area contributed by atoms with Crippen molar-refractivity contribution >= 4 is 22.4 Å². The smallest absolute Gasteiger partial charge is 0.177 e. The molecule has 32 heavy (non-hydrogen) atoms. The van der Waals surface area contributed by atoms with Gasteiger partial charge in [-0.1, -0.05) is 32.6 Å². The zero-order valence-electron chi connectivity index (χ0n) is 18.7. The van der Waals surface area contributed by atoms with Crippen molar-refractivity contribution in [3.63, 3.8) is 0 Å². The van der Waals surface area contributed by atoms with Crippen molar-refractivity contribution in [2.75, 3.05) is 5.73 Å². The molecule has 0 fully saturated rings. The highest BCUT2D eigenvalue weighted by molar-refractivity contribution is 5.77. The third-order valence-electron chi connectivity index (χ3n) is 5.20. The minimum absolute atomic E-state index is 0.380. The summed E-state index contributed by atoms with van der Waals surface area (Å²) >= 11 is 0. The number of aromatic nitrogens is 3. The predicted octanol–water partition coefficient (Wildman–Crippen LogP) is 6.04. The number of nitrogen functional groups attached to an aromatic ring is 1. The van der Waals surface area contributed by atoms with Gasteiger partial charge >= 0.3 is 0 Å². The third-order valence-corrected chi connectivity index (χ3v) is 5.20. The molecule has 3 rings (SSSR count).